The molecule has 154 valence electrons. The lowest BCUT2D eigenvalue weighted by atomic mass is 10.3. The highest BCUT2D eigenvalue weighted by atomic mass is 16.2. The summed E-state index contributed by atoms with van der Waals surface area (Å²) in [5.74, 6) is 0.732. The van der Waals surface area contributed by atoms with Gasteiger partial charge in [0, 0.05) is 29.1 Å². The number of hydrogen-bond acceptors (Lipinski definition) is 5. The zero-order chi connectivity index (χ0) is 21.3. The number of para-hydroxylation sites is 1. The van der Waals surface area contributed by atoms with Crippen molar-refractivity contribution < 1.29 is 4.79 Å². The van der Waals surface area contributed by atoms with Gasteiger partial charge in [0.05, 0.1) is 17.9 Å². The molecule has 1 N–H and O–H groups in total. The summed E-state index contributed by atoms with van der Waals surface area (Å²) < 4.78 is 5.67. The molecule has 0 bridgehead atoms. The lowest BCUT2D eigenvalue weighted by Crippen LogP contribution is -2.23. The standard InChI is InChI=1S/C21H24N8O/c1-14(2)29-21(9-10-23-29)28-15(3)11-17(16(28)4)12-22-25-20(30)13-27-19-8-6-5-7-18(19)24-26-27/h5-12,14H,13H2,1-4H3,(H,25,30)/b22-12-. The topological polar surface area (TPSA) is 94.9 Å². The van der Waals surface area contributed by atoms with Crippen molar-refractivity contribution in [2.45, 2.75) is 40.3 Å². The first-order valence-electron chi connectivity index (χ1n) is 9.78. The molecule has 0 spiro atoms. The molecule has 0 fully saturated rings. The fraction of sp³-hybridized carbons (Fsp3) is 0.286. The molecular formula is C21H24N8O. The number of benzene rings is 1. The highest BCUT2D eigenvalue weighted by molar-refractivity contribution is 5.84. The molecule has 0 saturated heterocycles. The summed E-state index contributed by atoms with van der Waals surface area (Å²) in [7, 11) is 0. The third kappa shape index (κ3) is 3.61. The summed E-state index contributed by atoms with van der Waals surface area (Å²) in [6, 6.07) is 11.8. The number of fused-ring (bicyclic) bond motifs is 1. The van der Waals surface area contributed by atoms with Crippen LogP contribution in [-0.4, -0.2) is 41.5 Å². The van der Waals surface area contributed by atoms with E-state index in [1.165, 1.54) is 0 Å². The van der Waals surface area contributed by atoms with Crippen LogP contribution in [0.25, 0.3) is 16.9 Å². The largest absolute Gasteiger partial charge is 0.303 e. The van der Waals surface area contributed by atoms with Gasteiger partial charge in [-0.05, 0) is 45.9 Å². The maximum atomic E-state index is 12.3. The van der Waals surface area contributed by atoms with Crippen LogP contribution >= 0.6 is 0 Å². The van der Waals surface area contributed by atoms with Crippen LogP contribution in [0.2, 0.25) is 0 Å². The van der Waals surface area contributed by atoms with E-state index in [4.69, 9.17) is 0 Å². The smallest absolute Gasteiger partial charge is 0.261 e. The fourth-order valence-electron chi connectivity index (χ4n) is 3.53. The van der Waals surface area contributed by atoms with Gasteiger partial charge in [-0.2, -0.15) is 10.2 Å². The van der Waals surface area contributed by atoms with Crippen molar-refractivity contribution in [2.75, 3.05) is 0 Å². The third-order valence-corrected chi connectivity index (χ3v) is 4.94. The molecule has 3 heterocycles. The number of nitrogens with zero attached hydrogens (tertiary/aromatic N) is 7. The average Bonchev–Trinajstić information content (AvgIpc) is 3.41. The second kappa shape index (κ2) is 7.94. The predicted octanol–water partition coefficient (Wildman–Crippen LogP) is 2.77. The first-order valence-corrected chi connectivity index (χ1v) is 9.78. The predicted molar refractivity (Wildman–Crippen MR) is 115 cm³/mol. The van der Waals surface area contributed by atoms with E-state index in [0.717, 1.165) is 33.8 Å². The summed E-state index contributed by atoms with van der Waals surface area (Å²) in [5, 5.41) is 16.6. The summed E-state index contributed by atoms with van der Waals surface area (Å²) in [6.07, 6.45) is 3.46. The molecule has 9 nitrogen and oxygen atoms in total. The quantitative estimate of drug-likeness (QED) is 0.395. The summed E-state index contributed by atoms with van der Waals surface area (Å²) in [6.45, 7) is 8.30. The number of carbonyl (C=O) groups is 1. The Kier molecular flexibility index (Phi) is 5.18. The number of amides is 1. The van der Waals surface area contributed by atoms with Gasteiger partial charge in [0.15, 0.2) is 0 Å². The molecule has 1 aromatic carbocycles. The van der Waals surface area contributed by atoms with E-state index in [1.807, 2.05) is 54.9 Å². The maximum absolute atomic E-state index is 12.3. The minimum Gasteiger partial charge on any atom is -0.303 e. The Morgan fingerprint density at radius 2 is 2.03 bits per heavy atom. The lowest BCUT2D eigenvalue weighted by Gasteiger charge is -2.14. The second-order valence-electron chi connectivity index (χ2n) is 7.42. The van der Waals surface area contributed by atoms with Crippen LogP contribution in [0.3, 0.4) is 0 Å². The van der Waals surface area contributed by atoms with Gasteiger partial charge in [-0.15, -0.1) is 5.10 Å². The minimum atomic E-state index is -0.270. The van der Waals surface area contributed by atoms with Gasteiger partial charge in [0.1, 0.15) is 17.9 Å². The van der Waals surface area contributed by atoms with Crippen LogP contribution in [0.5, 0.6) is 0 Å². The molecule has 0 radical (unpaired) electrons. The monoisotopic (exact) mass is 404 g/mol. The van der Waals surface area contributed by atoms with E-state index >= 15 is 0 Å². The van der Waals surface area contributed by atoms with E-state index in [0.29, 0.717) is 0 Å². The minimum absolute atomic E-state index is 0.0461. The lowest BCUT2D eigenvalue weighted by molar-refractivity contribution is -0.121. The van der Waals surface area contributed by atoms with Crippen molar-refractivity contribution in [3.63, 3.8) is 0 Å². The Bertz CT molecular complexity index is 1230. The van der Waals surface area contributed by atoms with Gasteiger partial charge in [-0.1, -0.05) is 17.3 Å². The number of hydrazone groups is 1. The molecule has 4 rings (SSSR count). The molecule has 0 atom stereocenters. The second-order valence-corrected chi connectivity index (χ2v) is 7.42. The molecule has 9 heteroatoms. The molecule has 30 heavy (non-hydrogen) atoms. The van der Waals surface area contributed by atoms with Gasteiger partial charge < -0.3 is 4.57 Å². The van der Waals surface area contributed by atoms with Gasteiger partial charge in [0.2, 0.25) is 0 Å². The molecule has 0 saturated carbocycles. The fourth-order valence-corrected chi connectivity index (χ4v) is 3.53. The van der Waals surface area contributed by atoms with Gasteiger partial charge >= 0.3 is 0 Å². The van der Waals surface area contributed by atoms with E-state index in [2.05, 4.69) is 44.4 Å². The number of nitrogens with one attached hydrogen (secondary N) is 1. The van der Waals surface area contributed by atoms with Crippen LogP contribution in [-0.2, 0) is 11.3 Å². The normalized spacial score (nSPS) is 11.8. The highest BCUT2D eigenvalue weighted by Gasteiger charge is 2.15. The Morgan fingerprint density at radius 3 is 2.83 bits per heavy atom. The van der Waals surface area contributed by atoms with E-state index in [9.17, 15) is 4.79 Å². The average molecular weight is 404 g/mol. The zero-order valence-corrected chi connectivity index (χ0v) is 17.4. The van der Waals surface area contributed by atoms with Gasteiger partial charge in [-0.3, -0.25) is 4.79 Å². The summed E-state index contributed by atoms with van der Waals surface area (Å²) in [5.41, 5.74) is 7.14. The van der Waals surface area contributed by atoms with Crippen molar-refractivity contribution >= 4 is 23.2 Å². The van der Waals surface area contributed by atoms with Crippen LogP contribution in [0.15, 0.2) is 47.7 Å². The highest BCUT2D eigenvalue weighted by Crippen LogP contribution is 2.21. The van der Waals surface area contributed by atoms with E-state index in [-0.39, 0.29) is 18.5 Å². The number of hydrogen-bond donors (Lipinski definition) is 1. The Hall–Kier alpha value is -3.75. The van der Waals surface area contributed by atoms with Crippen molar-refractivity contribution in [1.29, 1.82) is 0 Å². The first kappa shape index (κ1) is 19.6. The summed E-state index contributed by atoms with van der Waals surface area (Å²) in [4.78, 5) is 12.3. The van der Waals surface area contributed by atoms with Crippen LogP contribution < -0.4 is 5.43 Å². The maximum Gasteiger partial charge on any atom is 0.261 e. The third-order valence-electron chi connectivity index (χ3n) is 4.94. The van der Waals surface area contributed by atoms with Gasteiger partial charge in [0.25, 0.3) is 5.91 Å². The number of carbonyl (C=O) groups excluding carboxylic acids is 1. The van der Waals surface area contributed by atoms with E-state index in [1.54, 1.807) is 17.1 Å². The Morgan fingerprint density at radius 1 is 1.23 bits per heavy atom. The Labute approximate surface area is 174 Å². The van der Waals surface area contributed by atoms with Crippen LogP contribution in [0.4, 0.5) is 0 Å². The zero-order valence-electron chi connectivity index (χ0n) is 17.4. The molecule has 1 amide bonds. The molecule has 0 aliphatic heterocycles. The SMILES string of the molecule is Cc1cc(/C=N\NC(=O)Cn2nnc3ccccc32)c(C)n1-c1ccnn1C(C)C. The molecular weight excluding hydrogens is 380 g/mol. The van der Waals surface area contributed by atoms with E-state index < -0.39 is 0 Å². The number of aryl methyl sites for hydroxylation is 1. The van der Waals surface area contributed by atoms with Crippen LogP contribution in [0, 0.1) is 13.8 Å². The molecule has 0 aliphatic carbocycles. The van der Waals surface area contributed by atoms with Crippen molar-refractivity contribution in [3.05, 3.63) is 59.5 Å². The summed E-state index contributed by atoms with van der Waals surface area (Å²) >= 11 is 0. The molecule has 4 aromatic rings. The van der Waals surface area contributed by atoms with Crippen molar-refractivity contribution in [3.8, 4) is 5.82 Å². The molecule has 0 unspecified atom stereocenters. The number of rotatable bonds is 6. The Balaban J connectivity index is 1.48. The molecule has 3 aromatic heterocycles. The molecule has 0 aliphatic rings. The van der Waals surface area contributed by atoms with Crippen LogP contribution in [0.1, 0.15) is 36.8 Å². The van der Waals surface area contributed by atoms with Gasteiger partial charge in [-0.25, -0.2) is 14.8 Å². The first-order chi connectivity index (χ1) is 14.5. The number of aromatic nitrogens is 6. The van der Waals surface area contributed by atoms with Crippen molar-refractivity contribution in [1.82, 2.24) is 34.8 Å². The van der Waals surface area contributed by atoms with Crippen molar-refractivity contribution in [2.24, 2.45) is 5.10 Å².